The first-order valence-electron chi connectivity index (χ1n) is 10.1. The first-order valence-corrected chi connectivity index (χ1v) is 10.5. The molecule has 33 heavy (non-hydrogen) atoms. The number of para-hydroxylation sites is 2. The Kier molecular flexibility index (Phi) is 7.85. The minimum absolute atomic E-state index is 0.134. The predicted molar refractivity (Wildman–Crippen MR) is 130 cm³/mol. The number of hydrogen-bond acceptors (Lipinski definition) is 4. The monoisotopic (exact) mass is 459 g/mol. The van der Waals surface area contributed by atoms with Crippen LogP contribution >= 0.6 is 11.6 Å². The van der Waals surface area contributed by atoms with Crippen LogP contribution in [-0.4, -0.2) is 18.4 Å². The molecule has 0 atom stereocenters. The molecular formula is C26H22ClN3O3. The number of nitriles is 1. The Labute approximate surface area is 197 Å². The van der Waals surface area contributed by atoms with Gasteiger partial charge in [0, 0.05) is 11.3 Å². The van der Waals surface area contributed by atoms with Crippen LogP contribution in [0.3, 0.4) is 0 Å². The summed E-state index contributed by atoms with van der Waals surface area (Å²) in [5.74, 6) is -0.556. The van der Waals surface area contributed by atoms with E-state index in [4.69, 9.17) is 16.3 Å². The van der Waals surface area contributed by atoms with Gasteiger partial charge in [0.15, 0.2) is 6.61 Å². The molecule has 2 N–H and O–H groups in total. The average molecular weight is 460 g/mol. The lowest BCUT2D eigenvalue weighted by Crippen LogP contribution is -2.21. The van der Waals surface area contributed by atoms with Gasteiger partial charge >= 0.3 is 0 Å². The van der Waals surface area contributed by atoms with Gasteiger partial charge in [-0.15, -0.1) is 0 Å². The number of anilines is 2. The van der Waals surface area contributed by atoms with Crippen molar-refractivity contribution in [2.24, 2.45) is 0 Å². The second-order valence-electron chi connectivity index (χ2n) is 7.23. The SMILES string of the molecule is Cc1cccc(NC(=O)COc2ccccc2/C=C(\C#N)C(=O)Nc2ccccc2Cl)c1C. The summed E-state index contributed by atoms with van der Waals surface area (Å²) in [6.45, 7) is 3.67. The highest BCUT2D eigenvalue weighted by atomic mass is 35.5. The van der Waals surface area contributed by atoms with Gasteiger partial charge in [0.1, 0.15) is 17.4 Å². The van der Waals surface area contributed by atoms with Gasteiger partial charge in [0.05, 0.1) is 10.7 Å². The highest BCUT2D eigenvalue weighted by molar-refractivity contribution is 6.34. The van der Waals surface area contributed by atoms with E-state index in [0.29, 0.717) is 22.0 Å². The molecule has 0 aliphatic rings. The smallest absolute Gasteiger partial charge is 0.266 e. The minimum atomic E-state index is -0.604. The Hall–Kier alpha value is -4.08. The Morgan fingerprint density at radius 1 is 0.970 bits per heavy atom. The van der Waals surface area contributed by atoms with Crippen molar-refractivity contribution in [1.82, 2.24) is 0 Å². The van der Waals surface area contributed by atoms with Crippen LogP contribution in [0.2, 0.25) is 5.02 Å². The van der Waals surface area contributed by atoms with Crippen LogP contribution in [0.1, 0.15) is 16.7 Å². The van der Waals surface area contributed by atoms with Crippen molar-refractivity contribution in [2.45, 2.75) is 13.8 Å². The van der Waals surface area contributed by atoms with Gasteiger partial charge in [-0.1, -0.05) is 54.1 Å². The zero-order chi connectivity index (χ0) is 23.8. The molecule has 0 radical (unpaired) electrons. The maximum atomic E-state index is 12.6. The quantitative estimate of drug-likeness (QED) is 0.359. The zero-order valence-electron chi connectivity index (χ0n) is 18.2. The largest absolute Gasteiger partial charge is 0.483 e. The van der Waals surface area contributed by atoms with Gasteiger partial charge < -0.3 is 15.4 Å². The van der Waals surface area contributed by atoms with Crippen LogP contribution in [0.5, 0.6) is 5.75 Å². The van der Waals surface area contributed by atoms with Crippen molar-refractivity contribution < 1.29 is 14.3 Å². The number of ether oxygens (including phenoxy) is 1. The Morgan fingerprint density at radius 2 is 1.67 bits per heavy atom. The molecule has 0 aliphatic carbocycles. The first kappa shape index (κ1) is 23.6. The summed E-state index contributed by atoms with van der Waals surface area (Å²) in [6, 6.07) is 21.2. The lowest BCUT2D eigenvalue weighted by molar-refractivity contribution is -0.118. The number of hydrogen-bond donors (Lipinski definition) is 2. The topological polar surface area (TPSA) is 91.2 Å². The number of aryl methyl sites for hydroxylation is 1. The van der Waals surface area contributed by atoms with E-state index in [0.717, 1.165) is 16.8 Å². The van der Waals surface area contributed by atoms with E-state index in [9.17, 15) is 14.9 Å². The third kappa shape index (κ3) is 6.22. The van der Waals surface area contributed by atoms with Gasteiger partial charge in [-0.25, -0.2) is 0 Å². The molecule has 0 heterocycles. The van der Waals surface area contributed by atoms with Crippen molar-refractivity contribution in [2.75, 3.05) is 17.2 Å². The number of amides is 2. The molecule has 3 aromatic rings. The summed E-state index contributed by atoms with van der Waals surface area (Å²) in [7, 11) is 0. The summed E-state index contributed by atoms with van der Waals surface area (Å²) >= 11 is 6.07. The summed E-state index contributed by atoms with van der Waals surface area (Å²) in [4.78, 5) is 25.0. The second-order valence-corrected chi connectivity index (χ2v) is 7.63. The molecule has 0 fully saturated rings. The number of carbonyl (C=O) groups is 2. The van der Waals surface area contributed by atoms with E-state index in [-0.39, 0.29) is 18.1 Å². The number of benzene rings is 3. The molecule has 0 saturated carbocycles. The van der Waals surface area contributed by atoms with Gasteiger partial charge in [0.2, 0.25) is 0 Å². The third-order valence-corrected chi connectivity index (χ3v) is 5.27. The molecule has 0 saturated heterocycles. The molecule has 0 aliphatic heterocycles. The zero-order valence-corrected chi connectivity index (χ0v) is 18.9. The van der Waals surface area contributed by atoms with Crippen LogP contribution in [0, 0.1) is 25.2 Å². The van der Waals surface area contributed by atoms with Crippen LogP contribution in [0.25, 0.3) is 6.08 Å². The fraction of sp³-hybridized carbons (Fsp3) is 0.115. The maximum Gasteiger partial charge on any atom is 0.266 e. The highest BCUT2D eigenvalue weighted by Gasteiger charge is 2.13. The van der Waals surface area contributed by atoms with Crippen molar-refractivity contribution in [3.8, 4) is 11.8 Å². The fourth-order valence-corrected chi connectivity index (χ4v) is 3.19. The van der Waals surface area contributed by atoms with E-state index in [1.807, 2.05) is 38.1 Å². The molecule has 0 unspecified atom stereocenters. The van der Waals surface area contributed by atoms with Gasteiger partial charge in [-0.3, -0.25) is 9.59 Å². The van der Waals surface area contributed by atoms with Crippen LogP contribution in [0.15, 0.2) is 72.3 Å². The second kappa shape index (κ2) is 11.0. The van der Waals surface area contributed by atoms with E-state index >= 15 is 0 Å². The molecule has 166 valence electrons. The van der Waals surface area contributed by atoms with E-state index in [1.165, 1.54) is 6.08 Å². The molecule has 3 rings (SSSR count). The van der Waals surface area contributed by atoms with Crippen molar-refractivity contribution in [1.29, 1.82) is 5.26 Å². The summed E-state index contributed by atoms with van der Waals surface area (Å²) < 4.78 is 5.68. The highest BCUT2D eigenvalue weighted by Crippen LogP contribution is 2.24. The number of rotatable bonds is 7. The molecular weight excluding hydrogens is 438 g/mol. The maximum absolute atomic E-state index is 12.6. The number of nitrogens with zero attached hydrogens (tertiary/aromatic N) is 1. The van der Waals surface area contributed by atoms with Crippen molar-refractivity contribution in [3.63, 3.8) is 0 Å². The number of carbonyl (C=O) groups excluding carboxylic acids is 2. The van der Waals surface area contributed by atoms with Gasteiger partial charge in [0.25, 0.3) is 11.8 Å². The van der Waals surface area contributed by atoms with E-state index < -0.39 is 5.91 Å². The van der Waals surface area contributed by atoms with E-state index in [2.05, 4.69) is 10.6 Å². The van der Waals surface area contributed by atoms with Crippen LogP contribution in [-0.2, 0) is 9.59 Å². The molecule has 3 aromatic carbocycles. The molecule has 2 amide bonds. The lowest BCUT2D eigenvalue weighted by Gasteiger charge is -2.12. The Morgan fingerprint density at radius 3 is 2.42 bits per heavy atom. The number of halogens is 1. The predicted octanol–water partition coefficient (Wildman–Crippen LogP) is 5.52. The standard InChI is InChI=1S/C26H22ClN3O3/c1-17-8-7-12-22(18(17)2)29-25(31)16-33-24-13-6-3-9-19(24)14-20(15-28)26(32)30-23-11-5-4-10-21(23)27/h3-14H,16H2,1-2H3,(H,29,31)(H,30,32)/b20-14+. The minimum Gasteiger partial charge on any atom is -0.483 e. The first-order chi connectivity index (χ1) is 15.9. The summed E-state index contributed by atoms with van der Waals surface area (Å²) in [6.07, 6.45) is 1.41. The number of nitrogens with one attached hydrogen (secondary N) is 2. The van der Waals surface area contributed by atoms with Gasteiger partial charge in [-0.05, 0) is 55.3 Å². The summed E-state index contributed by atoms with van der Waals surface area (Å²) in [5, 5.41) is 15.3. The molecule has 0 bridgehead atoms. The molecule has 0 spiro atoms. The molecule has 6 nitrogen and oxygen atoms in total. The van der Waals surface area contributed by atoms with Gasteiger partial charge in [-0.2, -0.15) is 5.26 Å². The van der Waals surface area contributed by atoms with Crippen LogP contribution < -0.4 is 15.4 Å². The Balaban J connectivity index is 1.72. The van der Waals surface area contributed by atoms with Crippen molar-refractivity contribution in [3.05, 3.63) is 94.0 Å². The van der Waals surface area contributed by atoms with E-state index in [1.54, 1.807) is 48.5 Å². The molecule has 7 heteroatoms. The average Bonchev–Trinajstić information content (AvgIpc) is 2.81. The third-order valence-electron chi connectivity index (χ3n) is 4.94. The lowest BCUT2D eigenvalue weighted by atomic mass is 10.1. The Bertz CT molecular complexity index is 1260. The molecule has 0 aromatic heterocycles. The fourth-order valence-electron chi connectivity index (χ4n) is 3.00. The van der Waals surface area contributed by atoms with Crippen molar-refractivity contribution >= 4 is 40.9 Å². The van der Waals surface area contributed by atoms with Crippen LogP contribution in [0.4, 0.5) is 11.4 Å². The summed E-state index contributed by atoms with van der Waals surface area (Å²) in [5.41, 5.74) is 3.53. The normalized spacial score (nSPS) is 10.8.